The molecule has 1 aromatic carbocycles. The first-order chi connectivity index (χ1) is 11.2. The SMILES string of the molecule is CCOC[C@H]1CN(c2ccc(C#N)c3ncccc23)C[C@@H](C)O1. The zero-order chi connectivity index (χ0) is 16.2. The molecule has 2 atom stereocenters. The minimum absolute atomic E-state index is 0.0565. The number of fused-ring (bicyclic) bond motifs is 1. The van der Waals surface area contributed by atoms with Gasteiger partial charge in [0.1, 0.15) is 6.07 Å². The zero-order valence-corrected chi connectivity index (χ0v) is 13.5. The van der Waals surface area contributed by atoms with Crippen LogP contribution in [0, 0.1) is 11.3 Å². The number of ether oxygens (including phenoxy) is 2. The van der Waals surface area contributed by atoms with Crippen molar-refractivity contribution in [3.8, 4) is 6.07 Å². The van der Waals surface area contributed by atoms with Crippen LogP contribution >= 0.6 is 0 Å². The third kappa shape index (κ3) is 3.29. The van der Waals surface area contributed by atoms with E-state index in [1.54, 1.807) is 6.20 Å². The fraction of sp³-hybridized carbons (Fsp3) is 0.444. The van der Waals surface area contributed by atoms with Crippen LogP contribution in [0.2, 0.25) is 0 Å². The Morgan fingerprint density at radius 2 is 2.26 bits per heavy atom. The second kappa shape index (κ2) is 6.95. The smallest absolute Gasteiger partial charge is 0.101 e. The lowest BCUT2D eigenvalue weighted by Crippen LogP contribution is -2.48. The van der Waals surface area contributed by atoms with Crippen LogP contribution < -0.4 is 4.90 Å². The fourth-order valence-electron chi connectivity index (χ4n) is 3.11. The molecule has 120 valence electrons. The van der Waals surface area contributed by atoms with Crippen LogP contribution in [-0.4, -0.2) is 43.5 Å². The lowest BCUT2D eigenvalue weighted by atomic mass is 10.1. The summed E-state index contributed by atoms with van der Waals surface area (Å²) in [6.07, 6.45) is 1.92. The van der Waals surface area contributed by atoms with Crippen LogP contribution in [0.5, 0.6) is 0 Å². The number of hydrogen-bond acceptors (Lipinski definition) is 5. The van der Waals surface area contributed by atoms with E-state index in [-0.39, 0.29) is 12.2 Å². The van der Waals surface area contributed by atoms with Gasteiger partial charge in [0.05, 0.1) is 29.9 Å². The van der Waals surface area contributed by atoms with Crippen molar-refractivity contribution in [2.45, 2.75) is 26.1 Å². The molecule has 1 aromatic heterocycles. The van der Waals surface area contributed by atoms with E-state index in [0.29, 0.717) is 18.8 Å². The molecule has 0 N–H and O–H groups in total. The lowest BCUT2D eigenvalue weighted by Gasteiger charge is -2.38. The Labute approximate surface area is 136 Å². The van der Waals surface area contributed by atoms with Crippen LogP contribution in [0.25, 0.3) is 10.9 Å². The largest absolute Gasteiger partial charge is 0.379 e. The summed E-state index contributed by atoms with van der Waals surface area (Å²) in [5, 5.41) is 10.3. The number of morpholine rings is 1. The summed E-state index contributed by atoms with van der Waals surface area (Å²) in [6, 6.07) is 10.0. The van der Waals surface area contributed by atoms with E-state index in [1.165, 1.54) is 0 Å². The molecule has 0 radical (unpaired) electrons. The van der Waals surface area contributed by atoms with Gasteiger partial charge in [-0.25, -0.2) is 0 Å². The van der Waals surface area contributed by atoms with Crippen LogP contribution in [0.3, 0.4) is 0 Å². The molecule has 0 aliphatic carbocycles. The molecule has 3 rings (SSSR count). The highest BCUT2D eigenvalue weighted by molar-refractivity contribution is 5.95. The second-order valence-electron chi connectivity index (χ2n) is 5.78. The first-order valence-electron chi connectivity index (χ1n) is 7.99. The normalized spacial score (nSPS) is 21.3. The number of hydrogen-bond donors (Lipinski definition) is 0. The van der Waals surface area contributed by atoms with Gasteiger partial charge in [0, 0.05) is 37.0 Å². The molecule has 1 fully saturated rings. The molecule has 0 unspecified atom stereocenters. The molecule has 0 amide bonds. The van der Waals surface area contributed by atoms with Crippen molar-refractivity contribution in [3.63, 3.8) is 0 Å². The minimum Gasteiger partial charge on any atom is -0.379 e. The van der Waals surface area contributed by atoms with E-state index in [2.05, 4.69) is 22.9 Å². The number of pyridine rings is 1. The number of benzene rings is 1. The summed E-state index contributed by atoms with van der Waals surface area (Å²) in [6.45, 7) is 6.96. The van der Waals surface area contributed by atoms with Crippen molar-refractivity contribution in [1.29, 1.82) is 5.26 Å². The van der Waals surface area contributed by atoms with Crippen molar-refractivity contribution in [1.82, 2.24) is 4.98 Å². The van der Waals surface area contributed by atoms with Crippen molar-refractivity contribution < 1.29 is 9.47 Å². The van der Waals surface area contributed by atoms with Gasteiger partial charge >= 0.3 is 0 Å². The quantitative estimate of drug-likeness (QED) is 0.869. The second-order valence-corrected chi connectivity index (χ2v) is 5.78. The Bertz CT molecular complexity index is 726. The Morgan fingerprint density at radius 1 is 1.39 bits per heavy atom. The van der Waals surface area contributed by atoms with Crippen molar-refractivity contribution in [2.24, 2.45) is 0 Å². The topological polar surface area (TPSA) is 58.4 Å². The van der Waals surface area contributed by atoms with E-state index in [9.17, 15) is 5.26 Å². The van der Waals surface area contributed by atoms with Crippen molar-refractivity contribution in [2.75, 3.05) is 31.2 Å². The summed E-state index contributed by atoms with van der Waals surface area (Å²) in [7, 11) is 0. The fourth-order valence-corrected chi connectivity index (χ4v) is 3.11. The predicted octanol–water partition coefficient (Wildman–Crippen LogP) is 2.74. The van der Waals surface area contributed by atoms with Crippen LogP contribution in [0.4, 0.5) is 5.69 Å². The van der Waals surface area contributed by atoms with Crippen molar-refractivity contribution >= 4 is 16.6 Å². The standard InChI is InChI=1S/C18H21N3O2/c1-3-22-12-15-11-21(10-13(2)23-15)17-7-6-14(9-19)18-16(17)5-4-8-20-18/h4-8,13,15H,3,10-12H2,1-2H3/t13-,15-/m1/s1. The van der Waals surface area contributed by atoms with Crippen LogP contribution in [0.1, 0.15) is 19.4 Å². The predicted molar refractivity (Wildman–Crippen MR) is 89.5 cm³/mol. The highest BCUT2D eigenvalue weighted by Gasteiger charge is 2.26. The maximum Gasteiger partial charge on any atom is 0.101 e. The molecule has 23 heavy (non-hydrogen) atoms. The summed E-state index contributed by atoms with van der Waals surface area (Å²) < 4.78 is 11.5. The zero-order valence-electron chi connectivity index (χ0n) is 13.5. The minimum atomic E-state index is 0.0565. The number of nitrogens with zero attached hydrogens (tertiary/aromatic N) is 3. The summed E-state index contributed by atoms with van der Waals surface area (Å²) >= 11 is 0. The average molecular weight is 311 g/mol. The highest BCUT2D eigenvalue weighted by atomic mass is 16.5. The molecule has 0 spiro atoms. The molecule has 5 heteroatoms. The average Bonchev–Trinajstić information content (AvgIpc) is 2.58. The molecule has 1 aliphatic heterocycles. The third-order valence-corrected chi connectivity index (χ3v) is 4.04. The van der Waals surface area contributed by atoms with Crippen LogP contribution in [0.15, 0.2) is 30.5 Å². The van der Waals surface area contributed by atoms with Gasteiger partial charge < -0.3 is 14.4 Å². The summed E-state index contributed by atoms with van der Waals surface area (Å²) in [5.41, 5.74) is 2.47. The van der Waals surface area contributed by atoms with E-state index >= 15 is 0 Å². The van der Waals surface area contributed by atoms with Gasteiger partial charge in [-0.2, -0.15) is 5.26 Å². The molecule has 0 bridgehead atoms. The number of rotatable bonds is 4. The molecule has 0 saturated carbocycles. The molecule has 2 aromatic rings. The maximum absolute atomic E-state index is 9.28. The van der Waals surface area contributed by atoms with E-state index in [1.807, 2.05) is 31.2 Å². The molecular weight excluding hydrogens is 290 g/mol. The van der Waals surface area contributed by atoms with E-state index < -0.39 is 0 Å². The van der Waals surface area contributed by atoms with Crippen molar-refractivity contribution in [3.05, 3.63) is 36.0 Å². The summed E-state index contributed by atoms with van der Waals surface area (Å²) in [5.74, 6) is 0. The number of anilines is 1. The molecule has 5 nitrogen and oxygen atoms in total. The monoisotopic (exact) mass is 311 g/mol. The van der Waals surface area contributed by atoms with Gasteiger partial charge in [0.15, 0.2) is 0 Å². The molecular formula is C18H21N3O2. The third-order valence-electron chi connectivity index (χ3n) is 4.04. The van der Waals surface area contributed by atoms with Gasteiger partial charge in [-0.3, -0.25) is 4.98 Å². The Balaban J connectivity index is 1.95. The van der Waals surface area contributed by atoms with Gasteiger partial charge in [-0.1, -0.05) is 0 Å². The Hall–Kier alpha value is -2.16. The maximum atomic E-state index is 9.28. The van der Waals surface area contributed by atoms with Crippen LogP contribution in [-0.2, 0) is 9.47 Å². The van der Waals surface area contributed by atoms with Gasteiger partial charge in [-0.05, 0) is 38.1 Å². The lowest BCUT2D eigenvalue weighted by molar-refractivity contribution is -0.0581. The number of nitriles is 1. The first-order valence-corrected chi connectivity index (χ1v) is 7.99. The van der Waals surface area contributed by atoms with E-state index in [4.69, 9.17) is 9.47 Å². The molecule has 1 saturated heterocycles. The molecule has 1 aliphatic rings. The molecule has 2 heterocycles. The van der Waals surface area contributed by atoms with E-state index in [0.717, 1.165) is 29.7 Å². The summed E-state index contributed by atoms with van der Waals surface area (Å²) in [4.78, 5) is 6.70. The first kappa shape index (κ1) is 15.7. The number of aromatic nitrogens is 1. The van der Waals surface area contributed by atoms with Gasteiger partial charge in [0.2, 0.25) is 0 Å². The Morgan fingerprint density at radius 3 is 3.04 bits per heavy atom. The Kier molecular flexibility index (Phi) is 4.75. The highest BCUT2D eigenvalue weighted by Crippen LogP contribution is 2.30. The van der Waals surface area contributed by atoms with Gasteiger partial charge in [0.25, 0.3) is 0 Å². The van der Waals surface area contributed by atoms with Gasteiger partial charge in [-0.15, -0.1) is 0 Å².